The van der Waals surface area contributed by atoms with Crippen molar-refractivity contribution in [2.24, 2.45) is 0 Å². The lowest BCUT2D eigenvalue weighted by molar-refractivity contribution is -0.154. The third kappa shape index (κ3) is 3.03. The van der Waals surface area contributed by atoms with Crippen molar-refractivity contribution in [1.29, 1.82) is 0 Å². The zero-order valence-electron chi connectivity index (χ0n) is 14.1. The number of nitrogens with zero attached hydrogens (tertiary/aromatic N) is 5. The minimum Gasteiger partial charge on any atom is -0.383 e. The van der Waals surface area contributed by atoms with Gasteiger partial charge in [-0.3, -0.25) is 14.5 Å². The molecular formula is C15H23N5O3S. The van der Waals surface area contributed by atoms with E-state index in [1.807, 2.05) is 11.9 Å². The molecule has 2 amide bonds. The Labute approximate surface area is 145 Å². The summed E-state index contributed by atoms with van der Waals surface area (Å²) in [5.74, 6) is 0.0662. The number of methoxy groups -OCH3 is 1. The number of aromatic nitrogens is 2. The van der Waals surface area contributed by atoms with Gasteiger partial charge in [-0.2, -0.15) is 0 Å². The molecule has 9 heteroatoms. The number of piperazine rings is 1. The van der Waals surface area contributed by atoms with E-state index in [-0.39, 0.29) is 11.8 Å². The van der Waals surface area contributed by atoms with Gasteiger partial charge in [-0.15, -0.1) is 5.10 Å². The Kier molecular flexibility index (Phi) is 5.12. The Morgan fingerprint density at radius 3 is 2.71 bits per heavy atom. The quantitative estimate of drug-likeness (QED) is 0.754. The summed E-state index contributed by atoms with van der Waals surface area (Å²) in [5.41, 5.74) is -0.107. The predicted molar refractivity (Wildman–Crippen MR) is 88.9 cm³/mol. The van der Waals surface area contributed by atoms with Crippen molar-refractivity contribution in [3.8, 4) is 0 Å². The van der Waals surface area contributed by atoms with E-state index in [1.165, 1.54) is 11.5 Å². The Hall–Kier alpha value is -1.58. The first-order valence-corrected chi connectivity index (χ1v) is 8.98. The van der Waals surface area contributed by atoms with Gasteiger partial charge in [0, 0.05) is 45.2 Å². The van der Waals surface area contributed by atoms with E-state index in [4.69, 9.17) is 4.74 Å². The summed E-state index contributed by atoms with van der Waals surface area (Å²) in [4.78, 5) is 31.3. The summed E-state index contributed by atoms with van der Waals surface area (Å²) in [6, 6.07) is 0. The molecule has 1 aromatic heterocycles. The van der Waals surface area contributed by atoms with Crippen molar-refractivity contribution in [3.63, 3.8) is 0 Å². The average molecular weight is 353 g/mol. The van der Waals surface area contributed by atoms with E-state index in [0.717, 1.165) is 13.1 Å². The number of likely N-dealkylation sites (N-methyl/N-ethyl adjacent to an activating group) is 1. The molecule has 0 saturated carbocycles. The lowest BCUT2D eigenvalue weighted by Crippen LogP contribution is -2.68. The smallest absolute Gasteiger partial charge is 0.275 e. The number of piperidine rings is 1. The van der Waals surface area contributed by atoms with Crippen LogP contribution in [-0.2, 0) is 9.53 Å². The first-order valence-electron chi connectivity index (χ1n) is 8.14. The first-order chi connectivity index (χ1) is 11.6. The molecule has 2 aliphatic rings. The number of hydrogen-bond acceptors (Lipinski definition) is 7. The van der Waals surface area contributed by atoms with Crippen molar-refractivity contribution < 1.29 is 14.3 Å². The van der Waals surface area contributed by atoms with Crippen LogP contribution < -0.4 is 0 Å². The number of rotatable bonds is 4. The Morgan fingerprint density at radius 1 is 1.33 bits per heavy atom. The van der Waals surface area contributed by atoms with Gasteiger partial charge in [0.15, 0.2) is 5.69 Å². The van der Waals surface area contributed by atoms with E-state index >= 15 is 0 Å². The maximum Gasteiger partial charge on any atom is 0.275 e. The van der Waals surface area contributed by atoms with Gasteiger partial charge in [-0.1, -0.05) is 4.49 Å². The van der Waals surface area contributed by atoms with Crippen LogP contribution in [0.15, 0.2) is 5.38 Å². The number of hydrogen-bond donors (Lipinski definition) is 0. The topological polar surface area (TPSA) is 78.9 Å². The number of ether oxygens (including phenoxy) is 1. The van der Waals surface area contributed by atoms with E-state index < -0.39 is 5.54 Å². The Balaban J connectivity index is 1.68. The van der Waals surface area contributed by atoms with Gasteiger partial charge in [0.05, 0.1) is 6.61 Å². The van der Waals surface area contributed by atoms with Crippen molar-refractivity contribution in [3.05, 3.63) is 11.1 Å². The molecule has 3 rings (SSSR count). The monoisotopic (exact) mass is 353 g/mol. The molecule has 2 saturated heterocycles. The largest absolute Gasteiger partial charge is 0.383 e. The van der Waals surface area contributed by atoms with Crippen LogP contribution in [0.25, 0.3) is 0 Å². The molecule has 3 heterocycles. The van der Waals surface area contributed by atoms with E-state index in [9.17, 15) is 9.59 Å². The van der Waals surface area contributed by atoms with Crippen molar-refractivity contribution in [2.75, 3.05) is 53.5 Å². The van der Waals surface area contributed by atoms with E-state index in [1.54, 1.807) is 17.4 Å². The molecule has 0 aliphatic carbocycles. The summed E-state index contributed by atoms with van der Waals surface area (Å²) >= 11 is 1.17. The standard InChI is InChI=1S/C15H23N5O3S/c1-18-7-8-20(9-10-23-2)14(22)15(18)3-5-19(6-4-15)13(21)12-11-24-17-16-12/h11H,3-10H2,1-2H3. The number of carbonyl (C=O) groups is 2. The van der Waals surface area contributed by atoms with E-state index in [2.05, 4.69) is 14.5 Å². The number of amides is 2. The molecule has 8 nitrogen and oxygen atoms in total. The fourth-order valence-corrected chi connectivity index (χ4v) is 3.98. The summed E-state index contributed by atoms with van der Waals surface area (Å²) in [5, 5.41) is 5.51. The third-order valence-electron chi connectivity index (χ3n) is 5.14. The highest BCUT2D eigenvalue weighted by Gasteiger charge is 2.49. The normalized spacial score (nSPS) is 21.5. The zero-order chi connectivity index (χ0) is 17.2. The molecular weight excluding hydrogens is 330 g/mol. The molecule has 0 radical (unpaired) electrons. The SMILES string of the molecule is COCCN1CCN(C)C2(CCN(C(=O)c3csnn3)CC2)C1=O. The zero-order valence-corrected chi connectivity index (χ0v) is 14.9. The lowest BCUT2D eigenvalue weighted by atomic mass is 9.82. The maximum atomic E-state index is 13.0. The van der Waals surface area contributed by atoms with Crippen molar-refractivity contribution >= 4 is 23.3 Å². The summed E-state index contributed by atoms with van der Waals surface area (Å²) in [7, 11) is 3.65. The molecule has 0 bridgehead atoms. The van der Waals surface area contributed by atoms with Crippen molar-refractivity contribution in [2.45, 2.75) is 18.4 Å². The highest BCUT2D eigenvalue weighted by atomic mass is 32.1. The second-order valence-corrected chi connectivity index (χ2v) is 6.93. The fourth-order valence-electron chi connectivity index (χ4n) is 3.55. The summed E-state index contributed by atoms with van der Waals surface area (Å²) in [6.07, 6.45) is 1.30. The number of likely N-dealkylation sites (tertiary alicyclic amines) is 1. The highest BCUT2D eigenvalue weighted by Crippen LogP contribution is 2.33. The first kappa shape index (κ1) is 17.2. The summed E-state index contributed by atoms with van der Waals surface area (Å²) < 4.78 is 8.86. The number of carbonyl (C=O) groups excluding carboxylic acids is 2. The molecule has 24 heavy (non-hydrogen) atoms. The van der Waals surface area contributed by atoms with Gasteiger partial charge in [-0.25, -0.2) is 0 Å². The van der Waals surface area contributed by atoms with Gasteiger partial charge in [0.2, 0.25) is 5.91 Å². The second-order valence-electron chi connectivity index (χ2n) is 6.32. The minimum atomic E-state index is -0.497. The van der Waals surface area contributed by atoms with Gasteiger partial charge in [0.1, 0.15) is 5.54 Å². The van der Waals surface area contributed by atoms with Gasteiger partial charge < -0.3 is 14.5 Å². The van der Waals surface area contributed by atoms with Crippen LogP contribution in [0.1, 0.15) is 23.3 Å². The van der Waals surface area contributed by atoms with Gasteiger partial charge in [-0.05, 0) is 31.4 Å². The average Bonchev–Trinajstić information content (AvgIpc) is 3.14. The molecule has 132 valence electrons. The fraction of sp³-hybridized carbons (Fsp3) is 0.733. The van der Waals surface area contributed by atoms with Crippen LogP contribution in [0, 0.1) is 0 Å². The van der Waals surface area contributed by atoms with Gasteiger partial charge >= 0.3 is 0 Å². The molecule has 1 spiro atoms. The molecule has 0 atom stereocenters. The Morgan fingerprint density at radius 2 is 2.08 bits per heavy atom. The lowest BCUT2D eigenvalue weighted by Gasteiger charge is -2.51. The van der Waals surface area contributed by atoms with Crippen LogP contribution in [0.3, 0.4) is 0 Å². The van der Waals surface area contributed by atoms with Crippen LogP contribution >= 0.6 is 11.5 Å². The van der Waals surface area contributed by atoms with Crippen LogP contribution in [-0.4, -0.2) is 95.1 Å². The molecule has 1 aromatic rings. The van der Waals surface area contributed by atoms with Crippen LogP contribution in [0.2, 0.25) is 0 Å². The van der Waals surface area contributed by atoms with E-state index in [0.29, 0.717) is 44.8 Å². The summed E-state index contributed by atoms with van der Waals surface area (Å²) in [6.45, 7) is 3.87. The third-order valence-corrected chi connectivity index (χ3v) is 5.65. The van der Waals surface area contributed by atoms with Crippen LogP contribution in [0.4, 0.5) is 0 Å². The molecule has 0 N–H and O–H groups in total. The van der Waals surface area contributed by atoms with Gasteiger partial charge in [0.25, 0.3) is 5.91 Å². The van der Waals surface area contributed by atoms with Crippen LogP contribution in [0.5, 0.6) is 0 Å². The predicted octanol–water partition coefficient (Wildman–Crippen LogP) is -0.0667. The second kappa shape index (κ2) is 7.12. The maximum absolute atomic E-state index is 13.0. The minimum absolute atomic E-state index is 0.0965. The molecule has 0 aromatic carbocycles. The Bertz CT molecular complexity index is 584. The molecule has 2 aliphatic heterocycles. The highest BCUT2D eigenvalue weighted by molar-refractivity contribution is 7.03. The molecule has 2 fully saturated rings. The molecule has 0 unspecified atom stereocenters. The van der Waals surface area contributed by atoms with Crippen molar-refractivity contribution in [1.82, 2.24) is 24.3 Å².